The third-order valence-corrected chi connectivity index (χ3v) is 6.21. The first kappa shape index (κ1) is 14.5. The van der Waals surface area contributed by atoms with Gasteiger partial charge < -0.3 is 15.1 Å². The fourth-order valence-corrected chi connectivity index (χ4v) is 4.72. The Balaban J connectivity index is 1.35. The van der Waals surface area contributed by atoms with Crippen LogP contribution in [0.1, 0.15) is 25.7 Å². The standard InChI is InChI=1S/C18H26N2O2/c21-16-17(8-4-5-9-17)18(16,22)14-19-10-12-20(13-11-19)15-6-2-1-3-7-15/h1-3,6-7,16,21-22H,4-5,8-14H2/t16?,18-/m0/s1. The van der Waals surface area contributed by atoms with Gasteiger partial charge in [-0.25, -0.2) is 0 Å². The predicted molar refractivity (Wildman–Crippen MR) is 87.0 cm³/mol. The van der Waals surface area contributed by atoms with Crippen molar-refractivity contribution in [1.82, 2.24) is 4.90 Å². The summed E-state index contributed by atoms with van der Waals surface area (Å²) in [5, 5.41) is 21.2. The van der Waals surface area contributed by atoms with E-state index in [-0.39, 0.29) is 5.41 Å². The van der Waals surface area contributed by atoms with Crippen molar-refractivity contribution in [3.05, 3.63) is 30.3 Å². The van der Waals surface area contributed by atoms with Crippen LogP contribution in [0.4, 0.5) is 5.69 Å². The molecule has 2 atom stereocenters. The van der Waals surface area contributed by atoms with Crippen LogP contribution in [-0.4, -0.2) is 59.5 Å². The van der Waals surface area contributed by atoms with E-state index in [1.807, 2.05) is 6.07 Å². The van der Waals surface area contributed by atoms with Gasteiger partial charge in [-0.05, 0) is 25.0 Å². The Morgan fingerprint density at radius 2 is 1.64 bits per heavy atom. The Morgan fingerprint density at radius 1 is 1.00 bits per heavy atom. The highest BCUT2D eigenvalue weighted by Gasteiger charge is 2.76. The number of aliphatic hydroxyl groups is 2. The van der Waals surface area contributed by atoms with Crippen LogP contribution in [0.15, 0.2) is 30.3 Å². The number of piperazine rings is 1. The first-order chi connectivity index (χ1) is 10.7. The average molecular weight is 302 g/mol. The summed E-state index contributed by atoms with van der Waals surface area (Å²) < 4.78 is 0. The second-order valence-corrected chi connectivity index (χ2v) is 7.29. The van der Waals surface area contributed by atoms with Gasteiger partial charge in [-0.1, -0.05) is 31.0 Å². The molecule has 1 unspecified atom stereocenters. The number of rotatable bonds is 3. The van der Waals surface area contributed by atoms with Crippen molar-refractivity contribution in [1.29, 1.82) is 0 Å². The number of nitrogens with zero attached hydrogens (tertiary/aromatic N) is 2. The van der Waals surface area contributed by atoms with Crippen LogP contribution in [0.5, 0.6) is 0 Å². The van der Waals surface area contributed by atoms with E-state index >= 15 is 0 Å². The van der Waals surface area contributed by atoms with Crippen LogP contribution in [0.2, 0.25) is 0 Å². The Kier molecular flexibility index (Phi) is 3.44. The van der Waals surface area contributed by atoms with Crippen LogP contribution in [-0.2, 0) is 0 Å². The number of hydrogen-bond donors (Lipinski definition) is 2. The van der Waals surface area contributed by atoms with Crippen LogP contribution >= 0.6 is 0 Å². The molecule has 3 aliphatic rings. The highest BCUT2D eigenvalue weighted by molar-refractivity contribution is 5.46. The summed E-state index contributed by atoms with van der Waals surface area (Å²) in [5.41, 5.74) is 0.252. The van der Waals surface area contributed by atoms with E-state index in [4.69, 9.17) is 0 Å². The Bertz CT molecular complexity index is 521. The lowest BCUT2D eigenvalue weighted by Crippen LogP contribution is -2.50. The van der Waals surface area contributed by atoms with Gasteiger partial charge in [0.25, 0.3) is 0 Å². The van der Waals surface area contributed by atoms with Crippen molar-refractivity contribution >= 4 is 5.69 Å². The zero-order chi connectivity index (χ0) is 15.2. The molecule has 1 aliphatic heterocycles. The molecule has 3 fully saturated rings. The number of aliphatic hydroxyl groups excluding tert-OH is 1. The van der Waals surface area contributed by atoms with Gasteiger partial charge in [-0.2, -0.15) is 0 Å². The SMILES string of the molecule is OC1C2(CCCC2)[C@]1(O)CN1CCN(c2ccccc2)CC1. The molecule has 4 heteroatoms. The summed E-state index contributed by atoms with van der Waals surface area (Å²) in [5.74, 6) is 0. The largest absolute Gasteiger partial charge is 0.389 e. The maximum Gasteiger partial charge on any atom is 0.112 e. The van der Waals surface area contributed by atoms with Crippen molar-refractivity contribution in [2.75, 3.05) is 37.6 Å². The van der Waals surface area contributed by atoms with Crippen molar-refractivity contribution in [2.24, 2.45) is 5.41 Å². The summed E-state index contributed by atoms with van der Waals surface area (Å²) in [7, 11) is 0. The molecule has 1 aromatic rings. The molecule has 120 valence electrons. The lowest BCUT2D eigenvalue weighted by Gasteiger charge is -2.37. The zero-order valence-corrected chi connectivity index (χ0v) is 13.1. The van der Waals surface area contributed by atoms with Gasteiger partial charge in [-0.3, -0.25) is 4.90 Å². The van der Waals surface area contributed by atoms with Gasteiger partial charge in [0.2, 0.25) is 0 Å². The Labute approximate surface area is 132 Å². The molecule has 0 aromatic heterocycles. The minimum Gasteiger partial charge on any atom is -0.389 e. The minimum absolute atomic E-state index is 0.177. The van der Waals surface area contributed by atoms with Gasteiger partial charge in [0.05, 0.1) is 6.10 Å². The highest BCUT2D eigenvalue weighted by atomic mass is 16.4. The van der Waals surface area contributed by atoms with Gasteiger partial charge in [0, 0.05) is 43.8 Å². The van der Waals surface area contributed by atoms with Crippen molar-refractivity contribution < 1.29 is 10.2 Å². The van der Waals surface area contributed by atoms with E-state index in [9.17, 15) is 10.2 Å². The number of β-amino-alcohol motifs (C(OH)–C–C–N with tert-alkyl or cyclic N) is 1. The lowest BCUT2D eigenvalue weighted by atomic mass is 9.99. The monoisotopic (exact) mass is 302 g/mol. The molecule has 4 nitrogen and oxygen atoms in total. The smallest absolute Gasteiger partial charge is 0.112 e. The normalized spacial score (nSPS) is 34.3. The molecule has 0 bridgehead atoms. The van der Waals surface area contributed by atoms with E-state index in [0.717, 1.165) is 51.9 Å². The average Bonchev–Trinajstić information content (AvgIpc) is 2.93. The zero-order valence-electron chi connectivity index (χ0n) is 13.1. The van der Waals surface area contributed by atoms with Crippen LogP contribution < -0.4 is 4.90 Å². The molecule has 2 saturated carbocycles. The minimum atomic E-state index is -0.849. The van der Waals surface area contributed by atoms with E-state index in [1.165, 1.54) is 5.69 Å². The van der Waals surface area contributed by atoms with Gasteiger partial charge >= 0.3 is 0 Å². The van der Waals surface area contributed by atoms with Crippen LogP contribution in [0.3, 0.4) is 0 Å². The molecule has 0 amide bonds. The van der Waals surface area contributed by atoms with Crippen LogP contribution in [0, 0.1) is 5.41 Å². The molecular weight excluding hydrogens is 276 g/mol. The van der Waals surface area contributed by atoms with Crippen molar-refractivity contribution in [3.63, 3.8) is 0 Å². The molecule has 2 N–H and O–H groups in total. The second kappa shape index (κ2) is 5.22. The Morgan fingerprint density at radius 3 is 2.27 bits per heavy atom. The number of benzene rings is 1. The molecule has 1 aromatic carbocycles. The first-order valence-electron chi connectivity index (χ1n) is 8.59. The fraction of sp³-hybridized carbons (Fsp3) is 0.667. The number of hydrogen-bond acceptors (Lipinski definition) is 4. The summed E-state index contributed by atoms with van der Waals surface area (Å²) in [6.07, 6.45) is 3.79. The summed E-state index contributed by atoms with van der Waals surface area (Å²) in [4.78, 5) is 4.73. The molecule has 1 heterocycles. The molecule has 22 heavy (non-hydrogen) atoms. The molecule has 0 radical (unpaired) electrons. The van der Waals surface area contributed by atoms with E-state index < -0.39 is 11.7 Å². The highest BCUT2D eigenvalue weighted by Crippen LogP contribution is 2.65. The molecule has 4 rings (SSSR count). The van der Waals surface area contributed by atoms with Crippen molar-refractivity contribution in [3.8, 4) is 0 Å². The van der Waals surface area contributed by atoms with Gasteiger partial charge in [-0.15, -0.1) is 0 Å². The van der Waals surface area contributed by atoms with E-state index in [0.29, 0.717) is 6.54 Å². The van der Waals surface area contributed by atoms with Gasteiger partial charge in [0.1, 0.15) is 5.60 Å². The quantitative estimate of drug-likeness (QED) is 0.888. The van der Waals surface area contributed by atoms with Gasteiger partial charge in [0.15, 0.2) is 0 Å². The maximum absolute atomic E-state index is 10.9. The molecule has 1 spiro atoms. The summed E-state index contributed by atoms with van der Waals surface area (Å²) in [6.45, 7) is 4.53. The molecular formula is C18H26N2O2. The number of para-hydroxylation sites is 1. The topological polar surface area (TPSA) is 46.9 Å². The fourth-order valence-electron chi connectivity index (χ4n) is 4.72. The summed E-state index contributed by atoms with van der Waals surface area (Å²) >= 11 is 0. The van der Waals surface area contributed by atoms with E-state index in [2.05, 4.69) is 34.1 Å². The number of anilines is 1. The third-order valence-electron chi connectivity index (χ3n) is 6.21. The predicted octanol–water partition coefficient (Wildman–Crippen LogP) is 1.47. The van der Waals surface area contributed by atoms with E-state index in [1.54, 1.807) is 0 Å². The lowest BCUT2D eigenvalue weighted by molar-refractivity contribution is 0.0331. The van der Waals surface area contributed by atoms with Crippen LogP contribution in [0.25, 0.3) is 0 Å². The summed E-state index contributed by atoms with van der Waals surface area (Å²) in [6, 6.07) is 10.5. The van der Waals surface area contributed by atoms with Crippen molar-refractivity contribution in [2.45, 2.75) is 37.4 Å². The molecule has 2 aliphatic carbocycles. The Hall–Kier alpha value is -1.10. The first-order valence-corrected chi connectivity index (χ1v) is 8.59. The molecule has 1 saturated heterocycles. The second-order valence-electron chi connectivity index (χ2n) is 7.29. The third kappa shape index (κ3) is 2.08. The maximum atomic E-state index is 10.9.